The van der Waals surface area contributed by atoms with Gasteiger partial charge in [-0.2, -0.15) is 0 Å². The van der Waals surface area contributed by atoms with E-state index in [0.717, 1.165) is 29.6 Å². The Hall–Kier alpha value is 0. The number of hydrogen-bond acceptors (Lipinski definition) is 0. The van der Waals surface area contributed by atoms with Crippen molar-refractivity contribution in [1.82, 2.24) is 0 Å². The average molecular weight is 262 g/mol. The maximum atomic E-state index is 2.66. The highest BCUT2D eigenvalue weighted by atomic mass is 14.7. The standard InChI is InChI=1S/C19H34/c1-13(9-16-10-14(16)2)11-19(5,17-7-6-8-17)18(4)12-15(18)3/h13-17H,6-12H2,1-5H3. The van der Waals surface area contributed by atoms with Gasteiger partial charge in [-0.15, -0.1) is 0 Å². The number of hydrogen-bond donors (Lipinski definition) is 0. The summed E-state index contributed by atoms with van der Waals surface area (Å²) < 4.78 is 0. The second-order valence-electron chi connectivity index (χ2n) is 9.09. The molecule has 0 aromatic carbocycles. The molecule has 3 aliphatic rings. The van der Waals surface area contributed by atoms with E-state index in [1.807, 2.05) is 0 Å². The Balaban J connectivity index is 1.65. The van der Waals surface area contributed by atoms with Crippen LogP contribution < -0.4 is 0 Å². The monoisotopic (exact) mass is 262 g/mol. The van der Waals surface area contributed by atoms with Crippen LogP contribution in [0.15, 0.2) is 0 Å². The molecule has 3 rings (SSSR count). The molecule has 6 unspecified atom stereocenters. The van der Waals surface area contributed by atoms with E-state index in [0.29, 0.717) is 10.8 Å². The number of rotatable bonds is 6. The fraction of sp³-hybridized carbons (Fsp3) is 1.00. The highest BCUT2D eigenvalue weighted by Crippen LogP contribution is 2.70. The van der Waals surface area contributed by atoms with Crippen LogP contribution in [-0.2, 0) is 0 Å². The molecule has 6 atom stereocenters. The first kappa shape index (κ1) is 14.0. The molecule has 0 bridgehead atoms. The van der Waals surface area contributed by atoms with E-state index in [-0.39, 0.29) is 0 Å². The van der Waals surface area contributed by atoms with Gasteiger partial charge in [-0.1, -0.05) is 41.0 Å². The molecule has 0 heterocycles. The zero-order chi connectivity index (χ0) is 13.8. The fourth-order valence-electron chi connectivity index (χ4n) is 5.34. The van der Waals surface area contributed by atoms with Gasteiger partial charge in [0.2, 0.25) is 0 Å². The van der Waals surface area contributed by atoms with Crippen LogP contribution in [-0.4, -0.2) is 0 Å². The SMILES string of the molecule is CC(CC1CC1C)CC(C)(C1CCC1)C1(C)CC1C. The Labute approximate surface area is 120 Å². The summed E-state index contributed by atoms with van der Waals surface area (Å²) in [6, 6.07) is 0. The van der Waals surface area contributed by atoms with Crippen molar-refractivity contribution in [3.05, 3.63) is 0 Å². The van der Waals surface area contributed by atoms with Crippen LogP contribution in [0.1, 0.15) is 79.6 Å². The molecule has 0 aromatic rings. The molecule has 110 valence electrons. The Morgan fingerprint density at radius 1 is 1.26 bits per heavy atom. The molecule has 3 fully saturated rings. The van der Waals surface area contributed by atoms with E-state index in [9.17, 15) is 0 Å². The van der Waals surface area contributed by atoms with Gasteiger partial charge in [0, 0.05) is 0 Å². The molecule has 0 saturated heterocycles. The summed E-state index contributed by atoms with van der Waals surface area (Å²) in [6.45, 7) is 12.7. The lowest BCUT2D eigenvalue weighted by atomic mass is 9.55. The van der Waals surface area contributed by atoms with Crippen LogP contribution in [0.25, 0.3) is 0 Å². The van der Waals surface area contributed by atoms with Crippen molar-refractivity contribution >= 4 is 0 Å². The van der Waals surface area contributed by atoms with Crippen molar-refractivity contribution in [3.8, 4) is 0 Å². The summed E-state index contributed by atoms with van der Waals surface area (Å²) in [5, 5.41) is 0. The van der Waals surface area contributed by atoms with Gasteiger partial charge < -0.3 is 0 Å². The average Bonchev–Trinajstić information content (AvgIpc) is 3.05. The minimum atomic E-state index is 0.641. The van der Waals surface area contributed by atoms with Gasteiger partial charge in [0.1, 0.15) is 0 Å². The topological polar surface area (TPSA) is 0 Å². The molecule has 0 aromatic heterocycles. The van der Waals surface area contributed by atoms with E-state index in [1.165, 1.54) is 44.9 Å². The minimum Gasteiger partial charge on any atom is -0.0625 e. The van der Waals surface area contributed by atoms with Crippen molar-refractivity contribution in [2.24, 2.45) is 40.4 Å². The molecule has 0 radical (unpaired) electrons. The Bertz CT molecular complexity index is 342. The third-order valence-electron chi connectivity index (χ3n) is 7.72. The molecule has 0 heteroatoms. The molecule has 0 N–H and O–H groups in total. The maximum Gasteiger partial charge on any atom is -0.0238 e. The predicted octanol–water partition coefficient (Wildman–Crippen LogP) is 5.91. The quantitative estimate of drug-likeness (QED) is 0.558. The van der Waals surface area contributed by atoms with E-state index in [2.05, 4.69) is 34.6 Å². The lowest BCUT2D eigenvalue weighted by molar-refractivity contribution is -0.00138. The van der Waals surface area contributed by atoms with Gasteiger partial charge in [0.15, 0.2) is 0 Å². The van der Waals surface area contributed by atoms with E-state index < -0.39 is 0 Å². The van der Waals surface area contributed by atoms with Crippen LogP contribution in [0.5, 0.6) is 0 Å². The molecule has 0 spiro atoms. The second-order valence-corrected chi connectivity index (χ2v) is 9.09. The van der Waals surface area contributed by atoms with Gasteiger partial charge in [-0.05, 0) is 78.9 Å². The third-order valence-corrected chi connectivity index (χ3v) is 7.72. The smallest absolute Gasteiger partial charge is 0.0238 e. The molecule has 3 aliphatic carbocycles. The van der Waals surface area contributed by atoms with Gasteiger partial charge in [-0.25, -0.2) is 0 Å². The Morgan fingerprint density at radius 3 is 2.21 bits per heavy atom. The molecule has 0 nitrogen and oxygen atoms in total. The molecule has 3 saturated carbocycles. The van der Waals surface area contributed by atoms with Crippen molar-refractivity contribution in [2.45, 2.75) is 79.6 Å². The van der Waals surface area contributed by atoms with Crippen molar-refractivity contribution < 1.29 is 0 Å². The Morgan fingerprint density at radius 2 is 1.84 bits per heavy atom. The van der Waals surface area contributed by atoms with E-state index in [1.54, 1.807) is 0 Å². The van der Waals surface area contributed by atoms with E-state index >= 15 is 0 Å². The first-order chi connectivity index (χ1) is 8.87. The van der Waals surface area contributed by atoms with Crippen LogP contribution in [0, 0.1) is 40.4 Å². The van der Waals surface area contributed by atoms with Gasteiger partial charge >= 0.3 is 0 Å². The van der Waals surface area contributed by atoms with Crippen LogP contribution in [0.4, 0.5) is 0 Å². The molecular weight excluding hydrogens is 228 g/mol. The third kappa shape index (κ3) is 2.28. The van der Waals surface area contributed by atoms with Gasteiger partial charge in [0.05, 0.1) is 0 Å². The first-order valence-corrected chi connectivity index (χ1v) is 8.87. The van der Waals surface area contributed by atoms with Gasteiger partial charge in [-0.3, -0.25) is 0 Å². The lowest BCUT2D eigenvalue weighted by Gasteiger charge is -2.50. The minimum absolute atomic E-state index is 0.641. The van der Waals surface area contributed by atoms with Crippen molar-refractivity contribution in [1.29, 1.82) is 0 Å². The maximum absolute atomic E-state index is 2.66. The zero-order valence-corrected chi connectivity index (χ0v) is 13.8. The van der Waals surface area contributed by atoms with Crippen LogP contribution in [0.3, 0.4) is 0 Å². The fourth-order valence-corrected chi connectivity index (χ4v) is 5.34. The summed E-state index contributed by atoms with van der Waals surface area (Å²) >= 11 is 0. The lowest BCUT2D eigenvalue weighted by Crippen LogP contribution is -2.41. The second kappa shape index (κ2) is 4.50. The highest BCUT2D eigenvalue weighted by molar-refractivity contribution is 5.10. The van der Waals surface area contributed by atoms with E-state index in [4.69, 9.17) is 0 Å². The van der Waals surface area contributed by atoms with Crippen molar-refractivity contribution in [2.75, 3.05) is 0 Å². The predicted molar refractivity (Wildman–Crippen MR) is 83.0 cm³/mol. The summed E-state index contributed by atoms with van der Waals surface area (Å²) in [7, 11) is 0. The van der Waals surface area contributed by atoms with Crippen molar-refractivity contribution in [3.63, 3.8) is 0 Å². The zero-order valence-electron chi connectivity index (χ0n) is 13.8. The summed E-state index contributed by atoms with van der Waals surface area (Å²) in [5.74, 6) is 5.08. The Kier molecular flexibility index (Phi) is 3.31. The summed E-state index contributed by atoms with van der Waals surface area (Å²) in [6.07, 6.45) is 10.6. The van der Waals surface area contributed by atoms with Gasteiger partial charge in [0.25, 0.3) is 0 Å². The van der Waals surface area contributed by atoms with Crippen LogP contribution >= 0.6 is 0 Å². The summed E-state index contributed by atoms with van der Waals surface area (Å²) in [5.41, 5.74) is 1.31. The normalized spacial score (nSPS) is 46.3. The molecule has 0 amide bonds. The molecular formula is C19H34. The highest BCUT2D eigenvalue weighted by Gasteiger charge is 2.61. The van der Waals surface area contributed by atoms with Crippen LogP contribution in [0.2, 0.25) is 0 Å². The first-order valence-electron chi connectivity index (χ1n) is 8.87. The molecule has 19 heavy (non-hydrogen) atoms. The molecule has 0 aliphatic heterocycles. The largest absolute Gasteiger partial charge is 0.0625 e. The summed E-state index contributed by atoms with van der Waals surface area (Å²) in [4.78, 5) is 0.